The largest absolute Gasteiger partial charge is 0.355 e. The van der Waals surface area contributed by atoms with E-state index < -0.39 is 39.3 Å². The van der Waals surface area contributed by atoms with E-state index in [-0.39, 0.29) is 22.9 Å². The quantitative estimate of drug-likeness (QED) is 0.359. The van der Waals surface area contributed by atoms with Crippen molar-refractivity contribution in [3.8, 4) is 0 Å². The standard InChI is InChI=1S/C22H26Cl2N4O6S/c1-5-25-22(30)15(3)26(12-16-7-8-17(23)10-19(16)24)21(29)13-27(35(4,33)34)20-11-18(28(31)32)9-6-14(20)2/h6-11,15H,5,12-13H2,1-4H3,(H,25,30)/t15-/m1/s1. The number of amides is 2. The predicted molar refractivity (Wildman–Crippen MR) is 135 cm³/mol. The van der Waals surface area contributed by atoms with E-state index in [1.807, 2.05) is 0 Å². The van der Waals surface area contributed by atoms with E-state index in [0.717, 1.165) is 16.6 Å². The second-order valence-corrected chi connectivity index (χ2v) is 10.6. The van der Waals surface area contributed by atoms with E-state index in [9.17, 15) is 28.1 Å². The van der Waals surface area contributed by atoms with Crippen LogP contribution in [0.25, 0.3) is 0 Å². The summed E-state index contributed by atoms with van der Waals surface area (Å²) in [7, 11) is -4.04. The molecule has 0 aliphatic heterocycles. The van der Waals surface area contributed by atoms with Gasteiger partial charge < -0.3 is 10.2 Å². The number of aryl methyl sites for hydroxylation is 1. The number of nitrogens with zero attached hydrogens (tertiary/aromatic N) is 3. The van der Waals surface area contributed by atoms with Crippen molar-refractivity contribution in [3.05, 3.63) is 67.7 Å². The molecule has 2 aromatic rings. The van der Waals surface area contributed by atoms with E-state index in [1.54, 1.807) is 26.0 Å². The molecule has 0 fully saturated rings. The topological polar surface area (TPSA) is 130 Å². The van der Waals surface area contributed by atoms with Crippen LogP contribution in [0.2, 0.25) is 10.0 Å². The van der Waals surface area contributed by atoms with Crippen molar-refractivity contribution in [1.29, 1.82) is 0 Å². The van der Waals surface area contributed by atoms with Crippen LogP contribution < -0.4 is 9.62 Å². The number of likely N-dealkylation sites (N-methyl/N-ethyl adjacent to an activating group) is 1. The van der Waals surface area contributed by atoms with Crippen molar-refractivity contribution in [1.82, 2.24) is 10.2 Å². The third-order valence-electron chi connectivity index (χ3n) is 5.23. The number of nitro groups is 1. The highest BCUT2D eigenvalue weighted by Crippen LogP contribution is 2.28. The molecule has 1 N–H and O–H groups in total. The molecule has 0 bridgehead atoms. The summed E-state index contributed by atoms with van der Waals surface area (Å²) in [6.45, 7) is 4.35. The first-order valence-corrected chi connectivity index (χ1v) is 13.1. The van der Waals surface area contributed by atoms with Crippen LogP contribution in [0.1, 0.15) is 25.0 Å². The molecule has 35 heavy (non-hydrogen) atoms. The Morgan fingerprint density at radius 2 is 1.83 bits per heavy atom. The van der Waals surface area contributed by atoms with Crippen LogP contribution in [0.15, 0.2) is 36.4 Å². The number of non-ortho nitro benzene ring substituents is 1. The van der Waals surface area contributed by atoms with Gasteiger partial charge in [-0.3, -0.25) is 24.0 Å². The number of anilines is 1. The van der Waals surface area contributed by atoms with Crippen LogP contribution in [-0.2, 0) is 26.2 Å². The number of hydrogen-bond acceptors (Lipinski definition) is 6. The van der Waals surface area contributed by atoms with Gasteiger partial charge in [0.1, 0.15) is 12.6 Å². The molecular formula is C22H26Cl2N4O6S. The van der Waals surface area contributed by atoms with Gasteiger partial charge in [0.2, 0.25) is 21.8 Å². The zero-order valence-corrected chi connectivity index (χ0v) is 21.9. The first-order valence-electron chi connectivity index (χ1n) is 10.5. The zero-order chi connectivity index (χ0) is 26.5. The van der Waals surface area contributed by atoms with Crippen molar-refractivity contribution in [2.75, 3.05) is 23.7 Å². The maximum atomic E-state index is 13.5. The minimum atomic E-state index is -4.04. The first kappa shape index (κ1) is 28.3. The number of nitrogens with one attached hydrogen (secondary N) is 1. The Bertz CT molecular complexity index is 1240. The summed E-state index contributed by atoms with van der Waals surface area (Å²) >= 11 is 12.2. The van der Waals surface area contributed by atoms with Crippen LogP contribution in [-0.4, -0.2) is 55.4 Å². The van der Waals surface area contributed by atoms with Crippen LogP contribution in [0.3, 0.4) is 0 Å². The summed E-state index contributed by atoms with van der Waals surface area (Å²) in [4.78, 5) is 37.8. The van der Waals surface area contributed by atoms with Crippen molar-refractivity contribution in [2.45, 2.75) is 33.4 Å². The number of sulfonamides is 1. The van der Waals surface area contributed by atoms with Crippen LogP contribution in [0, 0.1) is 17.0 Å². The summed E-state index contributed by atoms with van der Waals surface area (Å²) in [6, 6.07) is 7.45. The second kappa shape index (κ2) is 11.7. The number of benzene rings is 2. The van der Waals surface area contributed by atoms with Gasteiger partial charge in [-0.05, 0) is 44.0 Å². The molecule has 0 aliphatic rings. The highest BCUT2D eigenvalue weighted by Gasteiger charge is 2.31. The average molecular weight is 545 g/mol. The van der Waals surface area contributed by atoms with Gasteiger partial charge >= 0.3 is 0 Å². The molecule has 0 saturated carbocycles. The van der Waals surface area contributed by atoms with Crippen LogP contribution in [0.4, 0.5) is 11.4 Å². The fourth-order valence-electron chi connectivity index (χ4n) is 3.31. The number of hydrogen-bond donors (Lipinski definition) is 1. The molecule has 0 heterocycles. The van der Waals surface area contributed by atoms with E-state index in [0.29, 0.717) is 22.7 Å². The molecule has 0 spiro atoms. The van der Waals surface area contributed by atoms with Gasteiger partial charge in [-0.2, -0.15) is 0 Å². The lowest BCUT2D eigenvalue weighted by Gasteiger charge is -2.32. The van der Waals surface area contributed by atoms with E-state index in [1.165, 1.54) is 30.0 Å². The van der Waals surface area contributed by atoms with Crippen molar-refractivity contribution < 1.29 is 22.9 Å². The molecule has 0 radical (unpaired) electrons. The van der Waals surface area contributed by atoms with Gasteiger partial charge in [-0.25, -0.2) is 8.42 Å². The molecule has 2 rings (SSSR count). The smallest absolute Gasteiger partial charge is 0.271 e. The van der Waals surface area contributed by atoms with Gasteiger partial charge in [0.15, 0.2) is 0 Å². The minimum absolute atomic E-state index is 0.00909. The Morgan fingerprint density at radius 3 is 2.37 bits per heavy atom. The van der Waals surface area contributed by atoms with Gasteiger partial charge in [0, 0.05) is 35.3 Å². The Labute approximate surface area is 214 Å². The van der Waals surface area contributed by atoms with Crippen molar-refractivity contribution in [3.63, 3.8) is 0 Å². The highest BCUT2D eigenvalue weighted by atomic mass is 35.5. The first-order chi connectivity index (χ1) is 16.3. The average Bonchev–Trinajstić information content (AvgIpc) is 2.76. The number of halogens is 2. The molecule has 0 aromatic heterocycles. The molecule has 0 unspecified atom stereocenters. The summed E-state index contributed by atoms with van der Waals surface area (Å²) in [5, 5.41) is 14.5. The Balaban J connectivity index is 2.51. The van der Waals surface area contributed by atoms with Gasteiger partial charge in [0.05, 0.1) is 16.9 Å². The third-order valence-corrected chi connectivity index (χ3v) is 6.94. The third kappa shape index (κ3) is 7.30. The van der Waals surface area contributed by atoms with E-state index in [2.05, 4.69) is 5.32 Å². The monoisotopic (exact) mass is 544 g/mol. The summed E-state index contributed by atoms with van der Waals surface area (Å²) in [6.07, 6.45) is 0.895. The number of rotatable bonds is 10. The molecule has 0 saturated heterocycles. The number of nitro benzene ring substituents is 1. The van der Waals surface area contributed by atoms with E-state index in [4.69, 9.17) is 23.2 Å². The number of carbonyl (C=O) groups is 2. The van der Waals surface area contributed by atoms with Crippen molar-refractivity contribution >= 4 is 56.4 Å². The lowest BCUT2D eigenvalue weighted by Crippen LogP contribution is -2.51. The fraction of sp³-hybridized carbons (Fsp3) is 0.364. The van der Waals surface area contributed by atoms with Crippen LogP contribution >= 0.6 is 23.2 Å². The predicted octanol–water partition coefficient (Wildman–Crippen LogP) is 3.53. The summed E-state index contributed by atoms with van der Waals surface area (Å²) in [5.41, 5.74) is 0.577. The molecule has 2 aromatic carbocycles. The molecule has 10 nitrogen and oxygen atoms in total. The Kier molecular flexibility index (Phi) is 9.47. The highest BCUT2D eigenvalue weighted by molar-refractivity contribution is 7.92. The molecule has 1 atom stereocenters. The van der Waals surface area contributed by atoms with Gasteiger partial charge in [-0.1, -0.05) is 35.3 Å². The Morgan fingerprint density at radius 1 is 1.17 bits per heavy atom. The Hall–Kier alpha value is -2.89. The van der Waals surface area contributed by atoms with Gasteiger partial charge in [-0.15, -0.1) is 0 Å². The van der Waals surface area contributed by atoms with E-state index >= 15 is 0 Å². The minimum Gasteiger partial charge on any atom is -0.355 e. The molecular weight excluding hydrogens is 519 g/mol. The van der Waals surface area contributed by atoms with Gasteiger partial charge in [0.25, 0.3) is 5.69 Å². The SMILES string of the molecule is CCNC(=O)[C@@H](C)N(Cc1ccc(Cl)cc1Cl)C(=O)CN(c1cc([N+](=O)[O-])ccc1C)S(C)(=O)=O. The van der Waals surface area contributed by atoms with Crippen LogP contribution in [0.5, 0.6) is 0 Å². The maximum Gasteiger partial charge on any atom is 0.271 e. The summed E-state index contributed by atoms with van der Waals surface area (Å²) < 4.78 is 26.1. The lowest BCUT2D eigenvalue weighted by molar-refractivity contribution is -0.384. The molecule has 0 aliphatic carbocycles. The normalized spacial score (nSPS) is 12.1. The second-order valence-electron chi connectivity index (χ2n) is 7.83. The molecule has 190 valence electrons. The zero-order valence-electron chi connectivity index (χ0n) is 19.6. The summed E-state index contributed by atoms with van der Waals surface area (Å²) in [5.74, 6) is -1.14. The maximum absolute atomic E-state index is 13.5. The fourth-order valence-corrected chi connectivity index (χ4v) is 4.68. The molecule has 2 amide bonds. The van der Waals surface area contributed by atoms with Crippen molar-refractivity contribution in [2.24, 2.45) is 0 Å². The lowest BCUT2D eigenvalue weighted by atomic mass is 10.1. The number of carbonyl (C=O) groups excluding carboxylic acids is 2. The molecule has 13 heteroatoms.